The Kier molecular flexibility index (Phi) is 4.97. The standard InChI is InChI=1S/C12H15ClN2O3/c1-7(14-8(2)16)12(17)15-9-4-5-11(18-3)10(13)6-9/h4-7H,1-3H3,(H,14,16)(H,15,17). The number of nitrogens with one attached hydrogen (secondary N) is 2. The van der Waals surface area contributed by atoms with Crippen molar-refractivity contribution >= 4 is 29.1 Å². The summed E-state index contributed by atoms with van der Waals surface area (Å²) in [5.74, 6) is -0.0404. The lowest BCUT2D eigenvalue weighted by Crippen LogP contribution is -2.40. The Hall–Kier alpha value is -1.75. The van der Waals surface area contributed by atoms with E-state index in [0.717, 1.165) is 0 Å². The molecule has 6 heteroatoms. The van der Waals surface area contributed by atoms with Gasteiger partial charge in [0.05, 0.1) is 12.1 Å². The number of rotatable bonds is 4. The first-order valence-corrected chi connectivity index (χ1v) is 5.73. The number of hydrogen-bond acceptors (Lipinski definition) is 3. The minimum absolute atomic E-state index is 0.259. The van der Waals surface area contributed by atoms with Crippen LogP contribution in [-0.2, 0) is 9.59 Å². The van der Waals surface area contributed by atoms with Crippen molar-refractivity contribution in [3.05, 3.63) is 23.2 Å². The van der Waals surface area contributed by atoms with Crippen LogP contribution in [0.4, 0.5) is 5.69 Å². The summed E-state index contributed by atoms with van der Waals surface area (Å²) in [5.41, 5.74) is 0.544. The molecule has 0 spiro atoms. The lowest BCUT2D eigenvalue weighted by Gasteiger charge is -2.13. The van der Waals surface area contributed by atoms with Gasteiger partial charge in [0.15, 0.2) is 0 Å². The molecule has 1 unspecified atom stereocenters. The fourth-order valence-electron chi connectivity index (χ4n) is 1.37. The number of anilines is 1. The van der Waals surface area contributed by atoms with E-state index in [-0.39, 0.29) is 11.8 Å². The Labute approximate surface area is 110 Å². The molecule has 1 atom stereocenters. The molecule has 0 fully saturated rings. The zero-order valence-corrected chi connectivity index (χ0v) is 11.2. The highest BCUT2D eigenvalue weighted by Crippen LogP contribution is 2.27. The number of methoxy groups -OCH3 is 1. The second kappa shape index (κ2) is 6.26. The first-order valence-electron chi connectivity index (χ1n) is 5.35. The highest BCUT2D eigenvalue weighted by atomic mass is 35.5. The molecule has 2 amide bonds. The van der Waals surface area contributed by atoms with Crippen LogP contribution < -0.4 is 15.4 Å². The normalized spacial score (nSPS) is 11.6. The summed E-state index contributed by atoms with van der Waals surface area (Å²) in [7, 11) is 1.51. The van der Waals surface area contributed by atoms with E-state index in [2.05, 4.69) is 10.6 Å². The maximum absolute atomic E-state index is 11.7. The van der Waals surface area contributed by atoms with Crippen LogP contribution in [0.5, 0.6) is 5.75 Å². The Balaban J connectivity index is 2.70. The smallest absolute Gasteiger partial charge is 0.246 e. The predicted molar refractivity (Wildman–Crippen MR) is 69.9 cm³/mol. The van der Waals surface area contributed by atoms with Crippen molar-refractivity contribution in [3.63, 3.8) is 0 Å². The van der Waals surface area contributed by atoms with Gasteiger partial charge in [-0.05, 0) is 25.1 Å². The maximum atomic E-state index is 11.7. The van der Waals surface area contributed by atoms with Crippen molar-refractivity contribution in [1.82, 2.24) is 5.32 Å². The van der Waals surface area contributed by atoms with Crippen LogP contribution in [-0.4, -0.2) is 25.0 Å². The summed E-state index contributed by atoms with van der Waals surface area (Å²) < 4.78 is 5.00. The van der Waals surface area contributed by atoms with E-state index < -0.39 is 6.04 Å². The van der Waals surface area contributed by atoms with Gasteiger partial charge in [-0.15, -0.1) is 0 Å². The molecule has 1 rings (SSSR count). The molecule has 0 saturated heterocycles. The molecule has 0 heterocycles. The fourth-order valence-corrected chi connectivity index (χ4v) is 1.62. The fraction of sp³-hybridized carbons (Fsp3) is 0.333. The van der Waals surface area contributed by atoms with Gasteiger partial charge in [0, 0.05) is 12.6 Å². The first-order chi connectivity index (χ1) is 8.43. The third kappa shape index (κ3) is 3.92. The monoisotopic (exact) mass is 270 g/mol. The molecule has 1 aromatic rings. The average molecular weight is 271 g/mol. The Morgan fingerprint density at radius 2 is 2.06 bits per heavy atom. The van der Waals surface area contributed by atoms with Crippen LogP contribution in [0.2, 0.25) is 5.02 Å². The quantitative estimate of drug-likeness (QED) is 0.877. The van der Waals surface area contributed by atoms with Gasteiger partial charge in [-0.2, -0.15) is 0 Å². The van der Waals surface area contributed by atoms with Gasteiger partial charge in [-0.1, -0.05) is 11.6 Å². The van der Waals surface area contributed by atoms with Crippen molar-refractivity contribution in [3.8, 4) is 5.75 Å². The number of halogens is 1. The topological polar surface area (TPSA) is 67.4 Å². The van der Waals surface area contributed by atoms with Crippen LogP contribution >= 0.6 is 11.6 Å². The summed E-state index contributed by atoms with van der Waals surface area (Å²) in [6.07, 6.45) is 0. The number of hydrogen-bond donors (Lipinski definition) is 2. The molecule has 1 aromatic carbocycles. The molecule has 0 bridgehead atoms. The number of carbonyl (C=O) groups is 2. The third-order valence-corrected chi connectivity index (χ3v) is 2.53. The van der Waals surface area contributed by atoms with E-state index in [4.69, 9.17) is 16.3 Å². The zero-order chi connectivity index (χ0) is 13.7. The van der Waals surface area contributed by atoms with E-state index in [9.17, 15) is 9.59 Å². The van der Waals surface area contributed by atoms with Gasteiger partial charge >= 0.3 is 0 Å². The lowest BCUT2D eigenvalue weighted by molar-refractivity contribution is -0.124. The third-order valence-electron chi connectivity index (χ3n) is 2.23. The van der Waals surface area contributed by atoms with Crippen LogP contribution in [0.1, 0.15) is 13.8 Å². The van der Waals surface area contributed by atoms with E-state index in [1.807, 2.05) is 0 Å². The largest absolute Gasteiger partial charge is 0.495 e. The van der Waals surface area contributed by atoms with E-state index in [1.54, 1.807) is 25.1 Å². The van der Waals surface area contributed by atoms with Gasteiger partial charge in [0.2, 0.25) is 11.8 Å². The van der Waals surface area contributed by atoms with Gasteiger partial charge in [-0.25, -0.2) is 0 Å². The Morgan fingerprint density at radius 3 is 2.56 bits per heavy atom. The average Bonchev–Trinajstić information content (AvgIpc) is 2.28. The van der Waals surface area contributed by atoms with Crippen LogP contribution in [0.3, 0.4) is 0 Å². The second-order valence-electron chi connectivity index (χ2n) is 3.76. The van der Waals surface area contributed by atoms with Gasteiger partial charge in [0.25, 0.3) is 0 Å². The Morgan fingerprint density at radius 1 is 1.39 bits per heavy atom. The van der Waals surface area contributed by atoms with Crippen LogP contribution in [0, 0.1) is 0 Å². The summed E-state index contributed by atoms with van der Waals surface area (Å²) >= 11 is 5.93. The molecule has 0 aliphatic heterocycles. The van der Waals surface area contributed by atoms with E-state index >= 15 is 0 Å². The summed E-state index contributed by atoms with van der Waals surface area (Å²) in [6.45, 7) is 2.95. The number of benzene rings is 1. The SMILES string of the molecule is COc1ccc(NC(=O)C(C)NC(C)=O)cc1Cl. The Bertz CT molecular complexity index is 463. The summed E-state index contributed by atoms with van der Waals surface area (Å²) in [6, 6.07) is 4.30. The van der Waals surface area contributed by atoms with Crippen molar-refractivity contribution in [2.75, 3.05) is 12.4 Å². The molecule has 0 aliphatic carbocycles. The molecular formula is C12H15ClN2O3. The minimum atomic E-state index is -0.608. The minimum Gasteiger partial charge on any atom is -0.495 e. The van der Waals surface area contributed by atoms with Crippen LogP contribution in [0.15, 0.2) is 18.2 Å². The molecule has 0 saturated carbocycles. The van der Waals surface area contributed by atoms with Gasteiger partial charge < -0.3 is 15.4 Å². The first kappa shape index (κ1) is 14.3. The van der Waals surface area contributed by atoms with Gasteiger partial charge in [0.1, 0.15) is 11.8 Å². The second-order valence-corrected chi connectivity index (χ2v) is 4.17. The molecule has 0 radical (unpaired) electrons. The molecule has 2 N–H and O–H groups in total. The zero-order valence-electron chi connectivity index (χ0n) is 10.4. The van der Waals surface area contributed by atoms with Crippen molar-refractivity contribution in [2.45, 2.75) is 19.9 Å². The van der Waals surface area contributed by atoms with E-state index in [0.29, 0.717) is 16.5 Å². The molecule has 98 valence electrons. The predicted octanol–water partition coefficient (Wildman–Crippen LogP) is 1.81. The highest BCUT2D eigenvalue weighted by molar-refractivity contribution is 6.32. The van der Waals surface area contributed by atoms with Gasteiger partial charge in [-0.3, -0.25) is 9.59 Å². The molecular weight excluding hydrogens is 256 g/mol. The van der Waals surface area contributed by atoms with E-state index in [1.165, 1.54) is 14.0 Å². The van der Waals surface area contributed by atoms with Crippen molar-refractivity contribution < 1.29 is 14.3 Å². The van der Waals surface area contributed by atoms with Crippen molar-refractivity contribution in [1.29, 1.82) is 0 Å². The molecule has 0 aromatic heterocycles. The number of ether oxygens (including phenoxy) is 1. The lowest BCUT2D eigenvalue weighted by atomic mass is 10.2. The maximum Gasteiger partial charge on any atom is 0.246 e. The summed E-state index contributed by atoms with van der Waals surface area (Å²) in [4.78, 5) is 22.5. The van der Waals surface area contributed by atoms with Crippen LogP contribution in [0.25, 0.3) is 0 Å². The van der Waals surface area contributed by atoms with Crippen molar-refractivity contribution in [2.24, 2.45) is 0 Å². The molecule has 18 heavy (non-hydrogen) atoms. The molecule has 5 nitrogen and oxygen atoms in total. The number of amides is 2. The summed E-state index contributed by atoms with van der Waals surface area (Å²) in [5, 5.41) is 5.54. The highest BCUT2D eigenvalue weighted by Gasteiger charge is 2.14. The number of carbonyl (C=O) groups excluding carboxylic acids is 2. The molecule has 0 aliphatic rings.